The van der Waals surface area contributed by atoms with Crippen LogP contribution >= 0.6 is 23.2 Å². The van der Waals surface area contributed by atoms with E-state index in [1.807, 2.05) is 30.3 Å². The van der Waals surface area contributed by atoms with Gasteiger partial charge >= 0.3 is 0 Å². The third kappa shape index (κ3) is 4.93. The van der Waals surface area contributed by atoms with Crippen molar-refractivity contribution >= 4 is 33.2 Å². The van der Waals surface area contributed by atoms with Crippen molar-refractivity contribution in [2.45, 2.75) is 24.3 Å². The smallest absolute Gasteiger partial charge is 0.242 e. The van der Waals surface area contributed by atoms with Crippen molar-refractivity contribution in [1.29, 1.82) is 0 Å². The molecular weight excluding hydrogens is 357 g/mol. The van der Waals surface area contributed by atoms with E-state index in [0.29, 0.717) is 17.0 Å². The molecule has 0 aliphatic carbocycles. The number of rotatable bonds is 6. The lowest BCUT2D eigenvalue weighted by molar-refractivity contribution is 0.179. The predicted octanol–water partition coefficient (Wildman–Crippen LogP) is 3.18. The fourth-order valence-corrected chi connectivity index (χ4v) is 3.98. The highest BCUT2D eigenvalue weighted by Gasteiger charge is 2.20. The van der Waals surface area contributed by atoms with Crippen LogP contribution < -0.4 is 4.72 Å². The summed E-state index contributed by atoms with van der Waals surface area (Å²) in [6.07, 6.45) is -0.476. The van der Waals surface area contributed by atoms with E-state index in [0.717, 1.165) is 5.56 Å². The normalized spacial score (nSPS) is 13.0. The minimum atomic E-state index is -3.82. The molecule has 0 unspecified atom stereocenters. The maximum atomic E-state index is 12.3. The molecule has 1 atom stereocenters. The van der Waals surface area contributed by atoms with E-state index >= 15 is 0 Å². The Morgan fingerprint density at radius 2 is 1.78 bits per heavy atom. The van der Waals surface area contributed by atoms with E-state index in [1.54, 1.807) is 6.92 Å². The van der Waals surface area contributed by atoms with Crippen LogP contribution in [0.1, 0.15) is 11.1 Å². The number of aryl methyl sites for hydroxylation is 1. The maximum absolute atomic E-state index is 12.3. The Kier molecular flexibility index (Phi) is 6.06. The van der Waals surface area contributed by atoms with Crippen molar-refractivity contribution in [1.82, 2.24) is 4.72 Å². The highest BCUT2D eigenvalue weighted by molar-refractivity contribution is 7.89. The van der Waals surface area contributed by atoms with Crippen molar-refractivity contribution in [3.8, 4) is 0 Å². The quantitative estimate of drug-likeness (QED) is 0.816. The van der Waals surface area contributed by atoms with Crippen LogP contribution in [0.25, 0.3) is 0 Å². The van der Waals surface area contributed by atoms with Gasteiger partial charge in [-0.25, -0.2) is 13.1 Å². The molecule has 0 heterocycles. The monoisotopic (exact) mass is 373 g/mol. The molecular formula is C16H17Cl2NO3S. The number of hydrogen-bond donors (Lipinski definition) is 2. The third-order valence-corrected chi connectivity index (χ3v) is 5.62. The van der Waals surface area contributed by atoms with Gasteiger partial charge in [-0.1, -0.05) is 53.5 Å². The first-order valence-electron chi connectivity index (χ1n) is 6.97. The van der Waals surface area contributed by atoms with Crippen LogP contribution in [0.2, 0.25) is 10.0 Å². The average Bonchev–Trinajstić information content (AvgIpc) is 2.50. The van der Waals surface area contributed by atoms with Gasteiger partial charge < -0.3 is 5.11 Å². The first-order valence-corrected chi connectivity index (χ1v) is 9.21. The maximum Gasteiger partial charge on any atom is 0.242 e. The highest BCUT2D eigenvalue weighted by Crippen LogP contribution is 2.28. The summed E-state index contributed by atoms with van der Waals surface area (Å²) in [5, 5.41) is 10.4. The summed E-state index contributed by atoms with van der Waals surface area (Å²) in [5.74, 6) is 0. The van der Waals surface area contributed by atoms with E-state index in [4.69, 9.17) is 23.2 Å². The van der Waals surface area contributed by atoms with Crippen LogP contribution in [0.4, 0.5) is 0 Å². The summed E-state index contributed by atoms with van der Waals surface area (Å²) in [6, 6.07) is 12.2. The second-order valence-corrected chi connectivity index (χ2v) is 7.78. The lowest BCUT2D eigenvalue weighted by Crippen LogP contribution is -2.33. The Hall–Kier alpha value is -1.11. The summed E-state index contributed by atoms with van der Waals surface area (Å²) in [6.45, 7) is 1.59. The van der Waals surface area contributed by atoms with Gasteiger partial charge in [-0.15, -0.1) is 0 Å². The predicted molar refractivity (Wildman–Crippen MR) is 92.5 cm³/mol. The molecule has 2 aromatic rings. The molecule has 2 aromatic carbocycles. The summed E-state index contributed by atoms with van der Waals surface area (Å²) >= 11 is 11.9. The molecule has 2 N–H and O–H groups in total. The van der Waals surface area contributed by atoms with Gasteiger partial charge in [0.15, 0.2) is 0 Å². The van der Waals surface area contributed by atoms with Crippen LogP contribution in [-0.4, -0.2) is 26.2 Å². The van der Waals surface area contributed by atoms with Gasteiger partial charge in [0.1, 0.15) is 4.90 Å². The molecule has 2 rings (SSSR count). The molecule has 0 fully saturated rings. The minimum absolute atomic E-state index is 0.0469. The second-order valence-electron chi connectivity index (χ2n) is 5.23. The van der Waals surface area contributed by atoms with E-state index in [9.17, 15) is 13.5 Å². The lowest BCUT2D eigenvalue weighted by Gasteiger charge is -2.14. The summed E-state index contributed by atoms with van der Waals surface area (Å²) in [5.41, 5.74) is 1.54. The van der Waals surface area contributed by atoms with Gasteiger partial charge in [0.25, 0.3) is 0 Å². The number of sulfonamides is 1. The second kappa shape index (κ2) is 7.64. The molecule has 0 aliphatic rings. The fraction of sp³-hybridized carbons (Fsp3) is 0.250. The molecule has 0 saturated heterocycles. The molecule has 124 valence electrons. The third-order valence-electron chi connectivity index (χ3n) is 3.33. The number of benzene rings is 2. The lowest BCUT2D eigenvalue weighted by atomic mass is 10.1. The van der Waals surface area contributed by atoms with E-state index in [2.05, 4.69) is 4.72 Å². The van der Waals surface area contributed by atoms with Gasteiger partial charge in [-0.2, -0.15) is 0 Å². The number of aliphatic hydroxyl groups is 1. The molecule has 0 bridgehead atoms. The molecule has 0 aliphatic heterocycles. The topological polar surface area (TPSA) is 66.4 Å². The molecule has 7 heteroatoms. The van der Waals surface area contributed by atoms with Crippen molar-refractivity contribution in [2.24, 2.45) is 0 Å². The van der Waals surface area contributed by atoms with Crippen molar-refractivity contribution in [3.63, 3.8) is 0 Å². The zero-order valence-corrected chi connectivity index (χ0v) is 14.8. The Morgan fingerprint density at radius 3 is 2.43 bits per heavy atom. The van der Waals surface area contributed by atoms with Gasteiger partial charge in [0.05, 0.1) is 11.1 Å². The molecule has 23 heavy (non-hydrogen) atoms. The number of nitrogens with one attached hydrogen (secondary N) is 1. The van der Waals surface area contributed by atoms with E-state index in [1.165, 1.54) is 12.1 Å². The van der Waals surface area contributed by atoms with Crippen molar-refractivity contribution < 1.29 is 13.5 Å². The standard InChI is InChI=1S/C16H17Cl2NO3S/c1-11-7-16(15(18)9-14(11)17)23(21,22)19-10-13(20)8-12-5-3-2-4-6-12/h2-7,9,13,19-20H,8,10H2,1H3/t13-/m0/s1. The van der Waals surface area contributed by atoms with Crippen LogP contribution in [-0.2, 0) is 16.4 Å². The molecule has 0 saturated carbocycles. The highest BCUT2D eigenvalue weighted by atomic mass is 35.5. The summed E-state index contributed by atoms with van der Waals surface area (Å²) in [4.78, 5) is -0.0482. The number of hydrogen-bond acceptors (Lipinski definition) is 3. The molecule has 0 amide bonds. The molecule has 0 aromatic heterocycles. The van der Waals surface area contributed by atoms with Crippen molar-refractivity contribution in [2.75, 3.05) is 6.54 Å². The van der Waals surface area contributed by atoms with Crippen LogP contribution in [0.3, 0.4) is 0 Å². The van der Waals surface area contributed by atoms with Crippen molar-refractivity contribution in [3.05, 3.63) is 63.6 Å². The number of halogens is 2. The SMILES string of the molecule is Cc1cc(S(=O)(=O)NC[C@@H](O)Cc2ccccc2)c(Cl)cc1Cl. The molecule has 0 spiro atoms. The van der Waals surface area contributed by atoms with E-state index in [-0.39, 0.29) is 16.5 Å². The van der Waals surface area contributed by atoms with Crippen LogP contribution in [0.15, 0.2) is 47.4 Å². The first-order chi connectivity index (χ1) is 10.8. The Morgan fingerprint density at radius 1 is 1.13 bits per heavy atom. The molecule has 0 radical (unpaired) electrons. The summed E-state index contributed by atoms with van der Waals surface area (Å²) < 4.78 is 27.0. The Bertz CT molecular complexity index is 779. The number of aliphatic hydroxyl groups excluding tert-OH is 1. The van der Waals surface area contributed by atoms with Crippen LogP contribution in [0.5, 0.6) is 0 Å². The molecule has 4 nitrogen and oxygen atoms in total. The van der Waals surface area contributed by atoms with Gasteiger partial charge in [0.2, 0.25) is 10.0 Å². The van der Waals surface area contributed by atoms with Gasteiger partial charge in [-0.05, 0) is 36.6 Å². The zero-order chi connectivity index (χ0) is 17.0. The van der Waals surface area contributed by atoms with Gasteiger partial charge in [-0.3, -0.25) is 0 Å². The summed E-state index contributed by atoms with van der Waals surface area (Å²) in [7, 11) is -3.82. The van der Waals surface area contributed by atoms with E-state index < -0.39 is 16.1 Å². The van der Waals surface area contributed by atoms with Crippen LogP contribution in [0, 0.1) is 6.92 Å². The fourth-order valence-electron chi connectivity index (χ4n) is 2.08. The average molecular weight is 374 g/mol. The first kappa shape index (κ1) is 18.2. The Balaban J connectivity index is 2.06. The zero-order valence-electron chi connectivity index (χ0n) is 12.5. The largest absolute Gasteiger partial charge is 0.391 e. The van der Waals surface area contributed by atoms with Gasteiger partial charge in [0, 0.05) is 11.6 Å². The Labute approximate surface area is 146 Å². The minimum Gasteiger partial charge on any atom is -0.391 e.